The van der Waals surface area contributed by atoms with E-state index in [-0.39, 0.29) is 17.8 Å². The molecule has 0 saturated heterocycles. The molecule has 0 saturated carbocycles. The van der Waals surface area contributed by atoms with Gasteiger partial charge in [-0.3, -0.25) is 4.99 Å². The number of halogens is 1. The molecule has 0 amide bonds. The number of esters is 2. The van der Waals surface area contributed by atoms with Crippen molar-refractivity contribution < 1.29 is 19.1 Å². The van der Waals surface area contributed by atoms with Gasteiger partial charge in [0.1, 0.15) is 5.60 Å². The molecule has 0 bridgehead atoms. The standard InChI is InChI=1S/C28H28ClNO4/c1-27(2,3)33-26(32)24(30-19-20-12-7-5-8-13-20)28(4,22-15-9-6-10-16-22)34-25(31)21-14-11-17-23(29)18-21/h5-18H,19H2,1-4H3. The summed E-state index contributed by atoms with van der Waals surface area (Å²) >= 11 is 6.07. The summed E-state index contributed by atoms with van der Waals surface area (Å²) in [6, 6.07) is 25.0. The minimum absolute atomic E-state index is 0.00661. The van der Waals surface area contributed by atoms with Gasteiger partial charge in [-0.05, 0) is 51.5 Å². The highest BCUT2D eigenvalue weighted by Crippen LogP contribution is 2.31. The summed E-state index contributed by atoms with van der Waals surface area (Å²) in [5.74, 6) is -1.29. The maximum absolute atomic E-state index is 13.4. The van der Waals surface area contributed by atoms with Crippen LogP contribution >= 0.6 is 11.6 Å². The first-order valence-electron chi connectivity index (χ1n) is 10.9. The maximum atomic E-state index is 13.4. The van der Waals surface area contributed by atoms with Crippen molar-refractivity contribution in [3.63, 3.8) is 0 Å². The predicted molar refractivity (Wildman–Crippen MR) is 134 cm³/mol. The Morgan fingerprint density at radius 3 is 2.03 bits per heavy atom. The highest BCUT2D eigenvalue weighted by molar-refractivity contribution is 6.40. The second-order valence-electron chi connectivity index (χ2n) is 8.95. The van der Waals surface area contributed by atoms with Crippen molar-refractivity contribution in [2.24, 2.45) is 4.99 Å². The Morgan fingerprint density at radius 1 is 0.824 bits per heavy atom. The Labute approximate surface area is 205 Å². The van der Waals surface area contributed by atoms with Crippen LogP contribution < -0.4 is 0 Å². The lowest BCUT2D eigenvalue weighted by atomic mass is 9.89. The van der Waals surface area contributed by atoms with Crippen LogP contribution in [-0.4, -0.2) is 23.3 Å². The largest absolute Gasteiger partial charge is 0.455 e. The normalized spacial score (nSPS) is 13.6. The molecular formula is C28H28ClNO4. The van der Waals surface area contributed by atoms with Gasteiger partial charge in [0.2, 0.25) is 0 Å². The van der Waals surface area contributed by atoms with Gasteiger partial charge in [0, 0.05) is 10.6 Å². The van der Waals surface area contributed by atoms with E-state index in [0.29, 0.717) is 10.6 Å². The molecule has 1 unspecified atom stereocenters. The molecule has 0 aromatic heterocycles. The van der Waals surface area contributed by atoms with Gasteiger partial charge >= 0.3 is 11.9 Å². The molecule has 0 spiro atoms. The average molecular weight is 478 g/mol. The van der Waals surface area contributed by atoms with Crippen molar-refractivity contribution in [2.45, 2.75) is 45.4 Å². The summed E-state index contributed by atoms with van der Waals surface area (Å²) in [6.07, 6.45) is 0. The van der Waals surface area contributed by atoms with Gasteiger partial charge in [0.05, 0.1) is 12.1 Å². The molecule has 0 fully saturated rings. The molecule has 176 valence electrons. The van der Waals surface area contributed by atoms with Gasteiger partial charge in [0.25, 0.3) is 0 Å². The Kier molecular flexibility index (Phi) is 7.90. The Hall–Kier alpha value is -3.44. The molecule has 3 aromatic rings. The van der Waals surface area contributed by atoms with Crippen molar-refractivity contribution in [2.75, 3.05) is 0 Å². The highest BCUT2D eigenvalue weighted by Gasteiger charge is 2.43. The number of aliphatic imine (C=N–C) groups is 1. The summed E-state index contributed by atoms with van der Waals surface area (Å²) in [5.41, 5.74) is -0.533. The summed E-state index contributed by atoms with van der Waals surface area (Å²) in [6.45, 7) is 7.19. The number of hydrogen-bond acceptors (Lipinski definition) is 5. The zero-order valence-corrected chi connectivity index (χ0v) is 20.5. The van der Waals surface area contributed by atoms with E-state index >= 15 is 0 Å². The van der Waals surface area contributed by atoms with Gasteiger partial charge in [-0.1, -0.05) is 78.3 Å². The number of carbonyl (C=O) groups excluding carboxylic acids is 2. The first-order chi connectivity index (χ1) is 16.1. The number of rotatable bonds is 7. The molecule has 0 heterocycles. The third-order valence-electron chi connectivity index (χ3n) is 4.99. The minimum Gasteiger partial charge on any atom is -0.455 e. The van der Waals surface area contributed by atoms with Crippen LogP contribution in [0.25, 0.3) is 0 Å². The molecule has 1 atom stereocenters. The van der Waals surface area contributed by atoms with Crippen LogP contribution in [0.2, 0.25) is 5.02 Å². The van der Waals surface area contributed by atoms with E-state index in [1.165, 1.54) is 6.07 Å². The Bertz CT molecular complexity index is 1170. The zero-order valence-electron chi connectivity index (χ0n) is 19.7. The molecule has 0 aliphatic heterocycles. The van der Waals surface area contributed by atoms with Crippen LogP contribution in [0.4, 0.5) is 0 Å². The number of ether oxygens (including phenoxy) is 2. The van der Waals surface area contributed by atoms with Crippen LogP contribution in [0.1, 0.15) is 49.2 Å². The average Bonchev–Trinajstić information content (AvgIpc) is 2.79. The molecule has 0 aliphatic rings. The van der Waals surface area contributed by atoms with Gasteiger partial charge in [-0.15, -0.1) is 0 Å². The lowest BCUT2D eigenvalue weighted by molar-refractivity contribution is -0.147. The SMILES string of the molecule is CC(C)(C)OC(=O)C(=NCc1ccccc1)C(C)(OC(=O)c1cccc(Cl)c1)c1ccccc1. The lowest BCUT2D eigenvalue weighted by Crippen LogP contribution is -2.45. The molecule has 6 heteroatoms. The van der Waals surface area contributed by atoms with Crippen molar-refractivity contribution in [1.82, 2.24) is 0 Å². The van der Waals surface area contributed by atoms with Gasteiger partial charge in [0.15, 0.2) is 11.3 Å². The van der Waals surface area contributed by atoms with Crippen LogP contribution in [0, 0.1) is 0 Å². The summed E-state index contributed by atoms with van der Waals surface area (Å²) in [4.78, 5) is 31.2. The maximum Gasteiger partial charge on any atom is 0.357 e. The molecule has 3 aromatic carbocycles. The fourth-order valence-corrected chi connectivity index (χ4v) is 3.54. The molecular weight excluding hydrogens is 450 g/mol. The topological polar surface area (TPSA) is 65.0 Å². The predicted octanol–water partition coefficient (Wildman–Crippen LogP) is 6.40. The van der Waals surface area contributed by atoms with E-state index in [0.717, 1.165) is 5.56 Å². The van der Waals surface area contributed by atoms with E-state index < -0.39 is 23.1 Å². The van der Waals surface area contributed by atoms with Crippen LogP contribution in [0.5, 0.6) is 0 Å². The summed E-state index contributed by atoms with van der Waals surface area (Å²) < 4.78 is 11.7. The van der Waals surface area contributed by atoms with E-state index in [9.17, 15) is 9.59 Å². The van der Waals surface area contributed by atoms with Gasteiger partial charge < -0.3 is 9.47 Å². The monoisotopic (exact) mass is 477 g/mol. The van der Waals surface area contributed by atoms with E-state index in [4.69, 9.17) is 21.1 Å². The van der Waals surface area contributed by atoms with Crippen LogP contribution in [0.3, 0.4) is 0 Å². The molecule has 0 aliphatic carbocycles. The van der Waals surface area contributed by atoms with Crippen LogP contribution in [-0.2, 0) is 26.4 Å². The van der Waals surface area contributed by atoms with E-state index in [1.54, 1.807) is 58.0 Å². The van der Waals surface area contributed by atoms with Gasteiger partial charge in [-0.25, -0.2) is 9.59 Å². The van der Waals surface area contributed by atoms with Crippen molar-refractivity contribution >= 4 is 29.3 Å². The third-order valence-corrected chi connectivity index (χ3v) is 5.22. The van der Waals surface area contributed by atoms with Crippen LogP contribution in [0.15, 0.2) is 89.9 Å². The lowest BCUT2D eigenvalue weighted by Gasteiger charge is -2.32. The smallest absolute Gasteiger partial charge is 0.357 e. The summed E-state index contributed by atoms with van der Waals surface area (Å²) in [7, 11) is 0. The molecule has 5 nitrogen and oxygen atoms in total. The zero-order chi connectivity index (χ0) is 24.8. The molecule has 3 rings (SSSR count). The quantitative estimate of drug-likeness (QED) is 0.292. The second kappa shape index (κ2) is 10.7. The minimum atomic E-state index is -1.52. The fraction of sp³-hybridized carbons (Fsp3) is 0.250. The third kappa shape index (κ3) is 6.55. The highest BCUT2D eigenvalue weighted by atomic mass is 35.5. The fourth-order valence-electron chi connectivity index (χ4n) is 3.35. The second-order valence-corrected chi connectivity index (χ2v) is 9.39. The molecule has 34 heavy (non-hydrogen) atoms. The van der Waals surface area contributed by atoms with E-state index in [1.807, 2.05) is 48.5 Å². The number of hydrogen-bond donors (Lipinski definition) is 0. The number of nitrogens with zero attached hydrogens (tertiary/aromatic N) is 1. The summed E-state index contributed by atoms with van der Waals surface area (Å²) in [5, 5.41) is 0.404. The first-order valence-corrected chi connectivity index (χ1v) is 11.3. The van der Waals surface area contributed by atoms with Crippen molar-refractivity contribution in [3.8, 4) is 0 Å². The number of benzene rings is 3. The first kappa shape index (κ1) is 25.2. The molecule has 0 radical (unpaired) electrons. The molecule has 0 N–H and O–H groups in total. The van der Waals surface area contributed by atoms with Crippen molar-refractivity contribution in [1.29, 1.82) is 0 Å². The number of carbonyl (C=O) groups is 2. The van der Waals surface area contributed by atoms with Gasteiger partial charge in [-0.2, -0.15) is 0 Å². The van der Waals surface area contributed by atoms with E-state index in [2.05, 4.69) is 4.99 Å². The Balaban J connectivity index is 2.10. The Morgan fingerprint density at radius 2 is 1.44 bits per heavy atom. The van der Waals surface area contributed by atoms with Crippen molar-refractivity contribution in [3.05, 3.63) is 107 Å².